The smallest absolute Gasteiger partial charge is 0.224 e. The van der Waals surface area contributed by atoms with E-state index >= 15 is 0 Å². The van der Waals surface area contributed by atoms with Gasteiger partial charge in [0, 0.05) is 13.5 Å². The molecule has 0 aromatic heterocycles. The van der Waals surface area contributed by atoms with Gasteiger partial charge in [-0.25, -0.2) is 0 Å². The molecule has 1 aliphatic rings. The van der Waals surface area contributed by atoms with Gasteiger partial charge < -0.3 is 15.4 Å². The van der Waals surface area contributed by atoms with Crippen LogP contribution >= 0.6 is 0 Å². The van der Waals surface area contributed by atoms with Crippen molar-refractivity contribution in [2.75, 3.05) is 7.05 Å². The summed E-state index contributed by atoms with van der Waals surface area (Å²) < 4.78 is 0. The lowest BCUT2D eigenvalue weighted by Crippen LogP contribution is -2.37. The Morgan fingerprint density at radius 2 is 2.00 bits per heavy atom. The van der Waals surface area contributed by atoms with E-state index in [1.54, 1.807) is 7.05 Å². The van der Waals surface area contributed by atoms with Gasteiger partial charge in [0.2, 0.25) is 11.8 Å². The highest BCUT2D eigenvalue weighted by Gasteiger charge is 2.14. The first-order valence-corrected chi connectivity index (χ1v) is 7.86. The molecule has 124 valence electrons. The zero-order chi connectivity index (χ0) is 17.0. The van der Waals surface area contributed by atoms with Gasteiger partial charge in [0.05, 0.1) is 12.5 Å². The average Bonchev–Trinajstić information content (AvgIpc) is 2.52. The molecule has 0 saturated heterocycles. The summed E-state index contributed by atoms with van der Waals surface area (Å²) in [6.45, 7) is 6.04. The van der Waals surface area contributed by atoms with Crippen molar-refractivity contribution >= 4 is 18.1 Å². The van der Waals surface area contributed by atoms with E-state index in [0.29, 0.717) is 12.7 Å². The molecule has 1 aliphatic carbocycles. The summed E-state index contributed by atoms with van der Waals surface area (Å²) in [5.74, 6) is -0.323. The van der Waals surface area contributed by atoms with E-state index in [1.165, 1.54) is 5.57 Å². The SMILES string of the molecule is CC.CNC(=O)CCC(C=O)NC(=O)CC1=CCCC(C)=C1. The second-order valence-electron chi connectivity index (χ2n) is 5.01. The number of hydrogen-bond donors (Lipinski definition) is 2. The molecule has 2 amide bonds. The van der Waals surface area contributed by atoms with Gasteiger partial charge in [-0.15, -0.1) is 0 Å². The maximum Gasteiger partial charge on any atom is 0.224 e. The van der Waals surface area contributed by atoms with Crippen LogP contribution in [-0.2, 0) is 14.4 Å². The molecule has 2 N–H and O–H groups in total. The first-order chi connectivity index (χ1) is 10.5. The highest BCUT2D eigenvalue weighted by atomic mass is 16.2. The molecule has 0 heterocycles. The van der Waals surface area contributed by atoms with Gasteiger partial charge in [0.15, 0.2) is 0 Å². The second kappa shape index (κ2) is 11.7. The Balaban J connectivity index is 0.00000211. The topological polar surface area (TPSA) is 75.3 Å². The summed E-state index contributed by atoms with van der Waals surface area (Å²) in [7, 11) is 1.54. The highest BCUT2D eigenvalue weighted by Crippen LogP contribution is 2.18. The molecule has 0 spiro atoms. The van der Waals surface area contributed by atoms with Gasteiger partial charge in [0.1, 0.15) is 6.29 Å². The quantitative estimate of drug-likeness (QED) is 0.709. The van der Waals surface area contributed by atoms with Crippen LogP contribution in [0.1, 0.15) is 52.9 Å². The lowest BCUT2D eigenvalue weighted by molar-refractivity contribution is -0.124. The van der Waals surface area contributed by atoms with E-state index in [0.717, 1.165) is 18.4 Å². The molecule has 0 fully saturated rings. The van der Waals surface area contributed by atoms with Crippen LogP contribution in [0.25, 0.3) is 0 Å². The zero-order valence-corrected chi connectivity index (χ0v) is 14.1. The first-order valence-electron chi connectivity index (χ1n) is 7.86. The van der Waals surface area contributed by atoms with Crippen LogP contribution in [0, 0.1) is 0 Å². The molecule has 1 rings (SSSR count). The van der Waals surface area contributed by atoms with Crippen molar-refractivity contribution in [1.29, 1.82) is 0 Å². The fraction of sp³-hybridized carbons (Fsp3) is 0.588. The van der Waals surface area contributed by atoms with Crippen molar-refractivity contribution < 1.29 is 14.4 Å². The number of amides is 2. The molecule has 0 radical (unpaired) electrons. The normalized spacial score (nSPS) is 14.5. The Morgan fingerprint density at radius 1 is 1.32 bits per heavy atom. The summed E-state index contributed by atoms with van der Waals surface area (Å²) in [6, 6.07) is -0.603. The van der Waals surface area contributed by atoms with E-state index in [-0.39, 0.29) is 24.7 Å². The summed E-state index contributed by atoms with van der Waals surface area (Å²) in [6.07, 6.45) is 7.56. The maximum atomic E-state index is 11.9. The molecule has 1 unspecified atom stereocenters. The monoisotopic (exact) mass is 308 g/mol. The van der Waals surface area contributed by atoms with E-state index in [2.05, 4.69) is 10.6 Å². The predicted molar refractivity (Wildman–Crippen MR) is 88.3 cm³/mol. The molecule has 0 aromatic carbocycles. The summed E-state index contributed by atoms with van der Waals surface area (Å²) in [4.78, 5) is 33.9. The number of carbonyl (C=O) groups excluding carboxylic acids is 3. The van der Waals surface area contributed by atoms with Crippen molar-refractivity contribution in [1.82, 2.24) is 10.6 Å². The fourth-order valence-corrected chi connectivity index (χ4v) is 2.09. The molecule has 5 nitrogen and oxygen atoms in total. The molecular formula is C17H28N2O3. The Morgan fingerprint density at radius 3 is 2.55 bits per heavy atom. The van der Waals surface area contributed by atoms with Crippen molar-refractivity contribution in [3.05, 3.63) is 23.3 Å². The number of nitrogens with one attached hydrogen (secondary N) is 2. The average molecular weight is 308 g/mol. The van der Waals surface area contributed by atoms with Gasteiger partial charge in [-0.1, -0.05) is 31.6 Å². The van der Waals surface area contributed by atoms with Crippen molar-refractivity contribution in [3.8, 4) is 0 Å². The summed E-state index contributed by atoms with van der Waals surface area (Å²) >= 11 is 0. The Kier molecular flexibility index (Phi) is 10.7. The van der Waals surface area contributed by atoms with Crippen molar-refractivity contribution in [2.45, 2.75) is 58.9 Å². The molecule has 5 heteroatoms. The van der Waals surface area contributed by atoms with Crippen LogP contribution in [0.4, 0.5) is 0 Å². The maximum absolute atomic E-state index is 11.9. The molecule has 0 aliphatic heterocycles. The molecular weight excluding hydrogens is 280 g/mol. The Hall–Kier alpha value is -1.91. The molecule has 0 saturated carbocycles. The van der Waals surface area contributed by atoms with Gasteiger partial charge in [0.25, 0.3) is 0 Å². The third-order valence-corrected chi connectivity index (χ3v) is 3.21. The lowest BCUT2D eigenvalue weighted by atomic mass is 9.98. The first kappa shape index (κ1) is 20.1. The third kappa shape index (κ3) is 8.39. The number of aldehydes is 1. The van der Waals surface area contributed by atoms with Gasteiger partial charge in [-0.2, -0.15) is 0 Å². The van der Waals surface area contributed by atoms with Crippen LogP contribution in [0.5, 0.6) is 0 Å². The fourth-order valence-electron chi connectivity index (χ4n) is 2.09. The molecule has 22 heavy (non-hydrogen) atoms. The minimum absolute atomic E-state index is 0.139. The number of allylic oxidation sites excluding steroid dienone is 3. The summed E-state index contributed by atoms with van der Waals surface area (Å²) in [5, 5.41) is 5.14. The van der Waals surface area contributed by atoms with E-state index < -0.39 is 6.04 Å². The van der Waals surface area contributed by atoms with Gasteiger partial charge in [-0.3, -0.25) is 9.59 Å². The standard InChI is InChI=1S/C15H22N2O3.C2H6/c1-11-4-3-5-12(8-11)9-15(20)17-13(10-18)6-7-14(19)16-2;1-2/h5,8,10,13H,3-4,6-7,9H2,1-2H3,(H,16,19)(H,17,20);1-2H3. The van der Waals surface area contributed by atoms with E-state index in [1.807, 2.05) is 32.9 Å². The Labute approximate surface area is 133 Å². The molecule has 1 atom stereocenters. The van der Waals surface area contributed by atoms with Crippen molar-refractivity contribution in [2.24, 2.45) is 0 Å². The number of rotatable bonds is 7. The number of hydrogen-bond acceptors (Lipinski definition) is 3. The van der Waals surface area contributed by atoms with Gasteiger partial charge >= 0.3 is 0 Å². The number of carbonyl (C=O) groups is 3. The highest BCUT2D eigenvalue weighted by molar-refractivity contribution is 5.82. The third-order valence-electron chi connectivity index (χ3n) is 3.21. The second-order valence-corrected chi connectivity index (χ2v) is 5.01. The minimum atomic E-state index is -0.603. The summed E-state index contributed by atoms with van der Waals surface area (Å²) in [5.41, 5.74) is 2.25. The largest absolute Gasteiger partial charge is 0.359 e. The van der Waals surface area contributed by atoms with Crippen LogP contribution in [-0.4, -0.2) is 31.2 Å². The lowest BCUT2D eigenvalue weighted by Gasteiger charge is -2.14. The zero-order valence-electron chi connectivity index (χ0n) is 14.1. The van der Waals surface area contributed by atoms with Gasteiger partial charge in [-0.05, 0) is 31.8 Å². The van der Waals surface area contributed by atoms with Crippen LogP contribution in [0.3, 0.4) is 0 Å². The van der Waals surface area contributed by atoms with Crippen LogP contribution < -0.4 is 10.6 Å². The molecule has 0 aromatic rings. The minimum Gasteiger partial charge on any atom is -0.359 e. The Bertz CT molecular complexity index is 439. The van der Waals surface area contributed by atoms with Crippen molar-refractivity contribution in [3.63, 3.8) is 0 Å². The predicted octanol–water partition coefficient (Wildman–Crippen LogP) is 2.28. The molecule has 0 bridgehead atoms. The van der Waals surface area contributed by atoms with Crippen LogP contribution in [0.15, 0.2) is 23.3 Å². The van der Waals surface area contributed by atoms with E-state index in [9.17, 15) is 14.4 Å². The van der Waals surface area contributed by atoms with Crippen LogP contribution in [0.2, 0.25) is 0 Å². The van der Waals surface area contributed by atoms with E-state index in [4.69, 9.17) is 0 Å².